The van der Waals surface area contributed by atoms with Crippen molar-refractivity contribution >= 4 is 39.2 Å². The van der Waals surface area contributed by atoms with Crippen LogP contribution in [0.5, 0.6) is 5.75 Å². The molecule has 7 heteroatoms. The zero-order chi connectivity index (χ0) is 17.8. The predicted molar refractivity (Wildman–Crippen MR) is 101 cm³/mol. The van der Waals surface area contributed by atoms with Gasteiger partial charge in [0.15, 0.2) is 4.80 Å². The molecule has 0 aliphatic heterocycles. The quantitative estimate of drug-likeness (QED) is 0.677. The number of carbonyl (C=O) groups is 1. The Bertz CT molecular complexity index is 979. The number of hydrogen-bond acceptors (Lipinski definition) is 4. The maximum absolute atomic E-state index is 13.8. The highest BCUT2D eigenvalue weighted by atomic mass is 32.2. The van der Waals surface area contributed by atoms with Crippen molar-refractivity contribution in [3.63, 3.8) is 0 Å². The number of fused-ring (bicyclic) bond motifs is 1. The van der Waals surface area contributed by atoms with Crippen LogP contribution in [0.2, 0.25) is 0 Å². The smallest absolute Gasteiger partial charge is 0.282 e. The number of aryl methyl sites for hydroxylation is 1. The van der Waals surface area contributed by atoms with Gasteiger partial charge in [-0.05, 0) is 36.6 Å². The molecule has 0 spiro atoms. The van der Waals surface area contributed by atoms with Crippen LogP contribution in [0.15, 0.2) is 47.5 Å². The van der Waals surface area contributed by atoms with Crippen molar-refractivity contribution in [1.29, 1.82) is 0 Å². The van der Waals surface area contributed by atoms with E-state index in [0.717, 1.165) is 28.3 Å². The molecule has 0 aliphatic rings. The fourth-order valence-corrected chi connectivity index (χ4v) is 3.89. The van der Waals surface area contributed by atoms with Crippen LogP contribution in [0, 0.1) is 5.82 Å². The number of nitrogens with zero attached hydrogens (tertiary/aromatic N) is 2. The summed E-state index contributed by atoms with van der Waals surface area (Å²) in [5.41, 5.74) is 0.967. The van der Waals surface area contributed by atoms with Gasteiger partial charge in [0.25, 0.3) is 5.91 Å². The first kappa shape index (κ1) is 17.7. The zero-order valence-electron chi connectivity index (χ0n) is 13.9. The van der Waals surface area contributed by atoms with Crippen LogP contribution in [0.4, 0.5) is 4.39 Å². The Kier molecular flexibility index (Phi) is 5.55. The summed E-state index contributed by atoms with van der Waals surface area (Å²) in [6.45, 7) is 0.719. The van der Waals surface area contributed by atoms with Crippen LogP contribution in [-0.2, 0) is 6.54 Å². The second-order valence-electron chi connectivity index (χ2n) is 5.26. The third-order valence-electron chi connectivity index (χ3n) is 3.71. The molecule has 0 bridgehead atoms. The Hall–Kier alpha value is -2.12. The Morgan fingerprint density at radius 3 is 2.84 bits per heavy atom. The number of thiazole rings is 1. The van der Waals surface area contributed by atoms with Crippen LogP contribution in [0.1, 0.15) is 10.4 Å². The molecule has 1 aromatic heterocycles. The molecule has 0 unspecified atom stereocenters. The summed E-state index contributed by atoms with van der Waals surface area (Å²) in [7, 11) is 1.61. The van der Waals surface area contributed by atoms with Gasteiger partial charge in [0.2, 0.25) is 0 Å². The number of aromatic nitrogens is 1. The molecular weight excluding hydrogens is 359 g/mol. The summed E-state index contributed by atoms with van der Waals surface area (Å²) in [4.78, 5) is 17.2. The topological polar surface area (TPSA) is 43.6 Å². The molecule has 1 amide bonds. The maximum Gasteiger partial charge on any atom is 0.282 e. The highest BCUT2D eigenvalue weighted by Gasteiger charge is 2.12. The fraction of sp³-hybridized carbons (Fsp3) is 0.222. The molecule has 0 saturated carbocycles. The molecule has 0 fully saturated rings. The summed E-state index contributed by atoms with van der Waals surface area (Å²) in [5, 5.41) is 0. The molecule has 25 heavy (non-hydrogen) atoms. The van der Waals surface area contributed by atoms with Gasteiger partial charge in [0.05, 0.1) is 22.9 Å². The number of methoxy groups -OCH3 is 1. The lowest BCUT2D eigenvalue weighted by Crippen LogP contribution is -2.18. The van der Waals surface area contributed by atoms with Crippen molar-refractivity contribution in [3.05, 3.63) is 58.6 Å². The van der Waals surface area contributed by atoms with E-state index < -0.39 is 11.7 Å². The van der Waals surface area contributed by atoms with E-state index in [-0.39, 0.29) is 5.56 Å². The van der Waals surface area contributed by atoms with Gasteiger partial charge in [0, 0.05) is 12.3 Å². The van der Waals surface area contributed by atoms with Crippen LogP contribution in [0.3, 0.4) is 0 Å². The molecule has 0 saturated heterocycles. The first-order valence-corrected chi connectivity index (χ1v) is 9.85. The lowest BCUT2D eigenvalue weighted by Gasteiger charge is -2.04. The molecule has 4 nitrogen and oxygen atoms in total. The molecule has 3 aromatic rings. The predicted octanol–water partition coefficient (Wildman–Crippen LogP) is 3.95. The van der Waals surface area contributed by atoms with E-state index in [1.165, 1.54) is 23.5 Å². The molecule has 0 radical (unpaired) electrons. The molecule has 1 heterocycles. The highest BCUT2D eigenvalue weighted by Crippen LogP contribution is 2.23. The normalized spacial score (nSPS) is 11.9. The molecule has 0 aliphatic carbocycles. The largest absolute Gasteiger partial charge is 0.497 e. The standard InChI is InChI=1S/C18H17FN2O2S2/c1-23-12-7-8-15-16(11-12)25-18(21(15)9-10-24-2)20-17(22)13-5-3-4-6-14(13)19/h3-8,11H,9-10H2,1-2H3. The summed E-state index contributed by atoms with van der Waals surface area (Å²) in [6, 6.07) is 11.6. The molecular formula is C18H17FN2O2S2. The van der Waals surface area contributed by atoms with Crippen molar-refractivity contribution in [3.8, 4) is 5.75 Å². The Morgan fingerprint density at radius 2 is 2.12 bits per heavy atom. The van der Waals surface area contributed by atoms with Gasteiger partial charge in [-0.25, -0.2) is 4.39 Å². The van der Waals surface area contributed by atoms with E-state index in [1.807, 2.05) is 29.0 Å². The van der Waals surface area contributed by atoms with E-state index in [2.05, 4.69) is 4.99 Å². The number of ether oxygens (including phenoxy) is 1. The summed E-state index contributed by atoms with van der Waals surface area (Å²) < 4.78 is 22.1. The van der Waals surface area contributed by atoms with Crippen molar-refractivity contribution < 1.29 is 13.9 Å². The molecule has 0 atom stereocenters. The second-order valence-corrected chi connectivity index (χ2v) is 7.25. The number of carbonyl (C=O) groups excluding carboxylic acids is 1. The summed E-state index contributed by atoms with van der Waals surface area (Å²) >= 11 is 3.11. The molecule has 130 valence electrons. The minimum atomic E-state index is -0.575. The SMILES string of the molecule is COc1ccc2c(c1)sc(=NC(=O)c1ccccc1F)n2CCSC. The lowest BCUT2D eigenvalue weighted by atomic mass is 10.2. The Morgan fingerprint density at radius 1 is 1.32 bits per heavy atom. The van der Waals surface area contributed by atoms with Gasteiger partial charge in [-0.1, -0.05) is 23.5 Å². The maximum atomic E-state index is 13.8. The van der Waals surface area contributed by atoms with Gasteiger partial charge < -0.3 is 9.30 Å². The summed E-state index contributed by atoms with van der Waals surface area (Å²) in [5.74, 6) is 0.501. The van der Waals surface area contributed by atoms with Crippen molar-refractivity contribution in [1.82, 2.24) is 4.57 Å². The van der Waals surface area contributed by atoms with E-state index in [1.54, 1.807) is 31.0 Å². The van der Waals surface area contributed by atoms with E-state index >= 15 is 0 Å². The van der Waals surface area contributed by atoms with Crippen molar-refractivity contribution in [2.45, 2.75) is 6.54 Å². The van der Waals surface area contributed by atoms with Gasteiger partial charge in [-0.2, -0.15) is 16.8 Å². The zero-order valence-corrected chi connectivity index (χ0v) is 15.5. The monoisotopic (exact) mass is 376 g/mol. The van der Waals surface area contributed by atoms with E-state index in [4.69, 9.17) is 4.74 Å². The third-order valence-corrected chi connectivity index (χ3v) is 5.34. The number of amides is 1. The third kappa shape index (κ3) is 3.77. The number of rotatable bonds is 5. The molecule has 2 aromatic carbocycles. The first-order chi connectivity index (χ1) is 12.1. The van der Waals surface area contributed by atoms with E-state index in [0.29, 0.717) is 4.80 Å². The van der Waals surface area contributed by atoms with Crippen molar-refractivity contribution in [2.75, 3.05) is 19.1 Å². The number of benzene rings is 2. The lowest BCUT2D eigenvalue weighted by molar-refractivity contribution is 0.0994. The average Bonchev–Trinajstić information content (AvgIpc) is 2.96. The second kappa shape index (κ2) is 7.84. The van der Waals surface area contributed by atoms with Crippen LogP contribution in [0.25, 0.3) is 10.2 Å². The van der Waals surface area contributed by atoms with Crippen LogP contribution < -0.4 is 9.54 Å². The van der Waals surface area contributed by atoms with Crippen LogP contribution in [-0.4, -0.2) is 29.6 Å². The Balaban J connectivity index is 2.13. The van der Waals surface area contributed by atoms with E-state index in [9.17, 15) is 9.18 Å². The van der Waals surface area contributed by atoms with Gasteiger partial charge in [-0.3, -0.25) is 4.79 Å². The fourth-order valence-electron chi connectivity index (χ4n) is 2.45. The minimum Gasteiger partial charge on any atom is -0.497 e. The molecule has 3 rings (SSSR count). The number of hydrogen-bond donors (Lipinski definition) is 0. The number of halogens is 1. The minimum absolute atomic E-state index is 0.0195. The summed E-state index contributed by atoms with van der Waals surface area (Å²) in [6.07, 6.45) is 2.03. The van der Waals surface area contributed by atoms with Gasteiger partial charge >= 0.3 is 0 Å². The van der Waals surface area contributed by atoms with Gasteiger partial charge in [0.1, 0.15) is 11.6 Å². The van der Waals surface area contributed by atoms with Crippen molar-refractivity contribution in [2.24, 2.45) is 4.99 Å². The Labute approximate surface area is 153 Å². The number of thioether (sulfide) groups is 1. The van der Waals surface area contributed by atoms with Crippen LogP contribution >= 0.6 is 23.1 Å². The first-order valence-electron chi connectivity index (χ1n) is 7.64. The highest BCUT2D eigenvalue weighted by molar-refractivity contribution is 7.98. The van der Waals surface area contributed by atoms with Gasteiger partial charge in [-0.15, -0.1) is 0 Å². The molecule has 0 N–H and O–H groups in total. The average molecular weight is 376 g/mol.